The summed E-state index contributed by atoms with van der Waals surface area (Å²) in [5.74, 6) is 0. The van der Waals surface area contributed by atoms with Gasteiger partial charge in [0.25, 0.3) is 0 Å². The van der Waals surface area contributed by atoms with Gasteiger partial charge in [-0.1, -0.05) is 50.2 Å². The number of aromatic nitrogens is 1. The summed E-state index contributed by atoms with van der Waals surface area (Å²) in [7, 11) is 0. The Morgan fingerprint density at radius 2 is 1.83 bits per heavy atom. The lowest BCUT2D eigenvalue weighted by molar-refractivity contribution is 0.112. The Hall–Kier alpha value is -1.42. The third-order valence-corrected chi connectivity index (χ3v) is 3.40. The van der Waals surface area contributed by atoms with E-state index in [0.29, 0.717) is 15.9 Å². The number of hydrogen-bond acceptors (Lipinski definition) is 3. The van der Waals surface area contributed by atoms with E-state index < -0.39 is 0 Å². The van der Waals surface area contributed by atoms with Gasteiger partial charge in [-0.2, -0.15) is 0 Å². The molecule has 0 saturated carbocycles. The zero-order chi connectivity index (χ0) is 13.3. The monoisotopic (exact) mass is 307 g/mol. The first-order valence-electron chi connectivity index (χ1n) is 5.65. The summed E-state index contributed by atoms with van der Waals surface area (Å²) in [5, 5.41) is 3.90. The molecule has 0 unspecified atom stereocenters. The molecule has 1 aromatic heterocycles. The number of carbonyl (C=O) groups excluding carboxylic acids is 1. The molecule has 1 heterocycles. The largest absolute Gasteiger partial charge is 0.348 e. The third kappa shape index (κ3) is 2.38. The summed E-state index contributed by atoms with van der Waals surface area (Å²) in [6, 6.07) is 8.01. The van der Waals surface area contributed by atoms with Gasteiger partial charge < -0.3 is 4.52 Å². The number of benzene rings is 1. The highest BCUT2D eigenvalue weighted by Crippen LogP contribution is 2.29. The molecule has 0 aliphatic rings. The normalized spacial score (nSPS) is 11.6. The molecule has 1 aromatic carbocycles. The minimum absolute atomic E-state index is 0.108. The SMILES string of the molecule is CC(C)(C)c1ccc(-c2noc(Br)c2C=O)cc1. The van der Waals surface area contributed by atoms with E-state index >= 15 is 0 Å². The van der Waals surface area contributed by atoms with Gasteiger partial charge in [-0.05, 0) is 26.9 Å². The molecule has 94 valence electrons. The number of rotatable bonds is 2. The molecular weight excluding hydrogens is 294 g/mol. The number of aldehydes is 1. The van der Waals surface area contributed by atoms with Crippen LogP contribution in [0.4, 0.5) is 0 Å². The van der Waals surface area contributed by atoms with E-state index in [9.17, 15) is 4.79 Å². The second kappa shape index (κ2) is 4.69. The maximum absolute atomic E-state index is 11.0. The van der Waals surface area contributed by atoms with Crippen LogP contribution in [0.15, 0.2) is 33.5 Å². The summed E-state index contributed by atoms with van der Waals surface area (Å²) in [6.45, 7) is 6.47. The number of carbonyl (C=O) groups is 1. The van der Waals surface area contributed by atoms with Crippen LogP contribution in [0.5, 0.6) is 0 Å². The van der Waals surface area contributed by atoms with Crippen LogP contribution in [0.3, 0.4) is 0 Å². The van der Waals surface area contributed by atoms with Crippen LogP contribution >= 0.6 is 15.9 Å². The predicted molar refractivity (Wildman–Crippen MR) is 73.7 cm³/mol. The average molecular weight is 308 g/mol. The highest BCUT2D eigenvalue weighted by atomic mass is 79.9. The molecule has 4 heteroatoms. The van der Waals surface area contributed by atoms with Crippen molar-refractivity contribution in [3.8, 4) is 11.3 Å². The van der Waals surface area contributed by atoms with Gasteiger partial charge in [-0.15, -0.1) is 0 Å². The Morgan fingerprint density at radius 3 is 2.33 bits per heavy atom. The van der Waals surface area contributed by atoms with E-state index in [0.717, 1.165) is 11.8 Å². The molecule has 0 aliphatic heterocycles. The van der Waals surface area contributed by atoms with Crippen molar-refractivity contribution >= 4 is 22.2 Å². The van der Waals surface area contributed by atoms with Crippen LogP contribution in [0.25, 0.3) is 11.3 Å². The first-order chi connectivity index (χ1) is 8.43. The molecule has 0 fully saturated rings. The van der Waals surface area contributed by atoms with Crippen LogP contribution in [0, 0.1) is 0 Å². The number of hydrogen-bond donors (Lipinski definition) is 0. The Morgan fingerprint density at radius 1 is 1.22 bits per heavy atom. The molecule has 0 aliphatic carbocycles. The van der Waals surface area contributed by atoms with Crippen LogP contribution in [-0.2, 0) is 5.41 Å². The maximum atomic E-state index is 11.0. The molecule has 0 N–H and O–H groups in total. The van der Waals surface area contributed by atoms with Gasteiger partial charge in [0.05, 0.1) is 5.56 Å². The zero-order valence-corrected chi connectivity index (χ0v) is 12.1. The first kappa shape index (κ1) is 13.0. The Balaban J connectivity index is 2.43. The molecule has 0 radical (unpaired) electrons. The quantitative estimate of drug-likeness (QED) is 0.780. The van der Waals surface area contributed by atoms with E-state index in [4.69, 9.17) is 4.52 Å². The van der Waals surface area contributed by atoms with Crippen molar-refractivity contribution in [1.29, 1.82) is 0 Å². The van der Waals surface area contributed by atoms with E-state index in [2.05, 4.69) is 41.9 Å². The van der Waals surface area contributed by atoms with Crippen molar-refractivity contribution in [2.45, 2.75) is 26.2 Å². The fourth-order valence-corrected chi connectivity index (χ4v) is 2.07. The highest BCUT2D eigenvalue weighted by molar-refractivity contribution is 9.10. The van der Waals surface area contributed by atoms with Gasteiger partial charge in [0.1, 0.15) is 5.69 Å². The fourth-order valence-electron chi connectivity index (χ4n) is 1.72. The second-order valence-electron chi connectivity index (χ2n) is 5.16. The lowest BCUT2D eigenvalue weighted by Crippen LogP contribution is -2.10. The molecular formula is C14H14BrNO2. The molecule has 2 aromatic rings. The Labute approximate surface area is 114 Å². The number of nitrogens with zero attached hydrogens (tertiary/aromatic N) is 1. The second-order valence-corrected chi connectivity index (χ2v) is 5.88. The fraction of sp³-hybridized carbons (Fsp3) is 0.286. The van der Waals surface area contributed by atoms with E-state index in [1.54, 1.807) is 0 Å². The summed E-state index contributed by atoms with van der Waals surface area (Å²) in [5.41, 5.74) is 3.23. The van der Waals surface area contributed by atoms with Gasteiger partial charge >= 0.3 is 0 Å². The van der Waals surface area contributed by atoms with Gasteiger partial charge in [0, 0.05) is 5.56 Å². The van der Waals surface area contributed by atoms with Gasteiger partial charge in [0.2, 0.25) is 4.67 Å². The minimum atomic E-state index is 0.108. The van der Waals surface area contributed by atoms with E-state index in [1.165, 1.54) is 5.56 Å². The van der Waals surface area contributed by atoms with Crippen molar-refractivity contribution < 1.29 is 9.32 Å². The molecule has 0 amide bonds. The molecule has 0 bridgehead atoms. The Kier molecular flexibility index (Phi) is 3.39. The van der Waals surface area contributed by atoms with Crippen LogP contribution < -0.4 is 0 Å². The third-order valence-electron chi connectivity index (χ3n) is 2.83. The van der Waals surface area contributed by atoms with Crippen LogP contribution in [0.1, 0.15) is 36.7 Å². The van der Waals surface area contributed by atoms with Gasteiger partial charge in [-0.25, -0.2) is 0 Å². The van der Waals surface area contributed by atoms with Crippen LogP contribution in [-0.4, -0.2) is 11.4 Å². The van der Waals surface area contributed by atoms with Crippen molar-refractivity contribution in [2.75, 3.05) is 0 Å². The Bertz CT molecular complexity index is 564. The standard InChI is InChI=1S/C14H14BrNO2/c1-14(2,3)10-6-4-9(5-7-10)12-11(8-17)13(15)18-16-12/h4-8H,1-3H3. The summed E-state index contributed by atoms with van der Waals surface area (Å²) < 4.78 is 5.34. The first-order valence-corrected chi connectivity index (χ1v) is 6.44. The van der Waals surface area contributed by atoms with Gasteiger partial charge in [-0.3, -0.25) is 4.79 Å². The predicted octanol–water partition coefficient (Wildman–Crippen LogP) is 4.21. The molecule has 0 saturated heterocycles. The number of halogens is 1. The van der Waals surface area contributed by atoms with Crippen molar-refractivity contribution in [2.24, 2.45) is 0 Å². The van der Waals surface area contributed by atoms with Crippen LogP contribution in [0.2, 0.25) is 0 Å². The minimum Gasteiger partial charge on any atom is -0.348 e. The van der Waals surface area contributed by atoms with Crippen molar-refractivity contribution in [3.05, 3.63) is 40.1 Å². The lowest BCUT2D eigenvalue weighted by Gasteiger charge is -2.18. The molecule has 3 nitrogen and oxygen atoms in total. The smallest absolute Gasteiger partial charge is 0.213 e. The lowest BCUT2D eigenvalue weighted by atomic mass is 9.86. The van der Waals surface area contributed by atoms with E-state index in [1.807, 2.05) is 24.3 Å². The summed E-state index contributed by atoms with van der Waals surface area (Å²) in [6.07, 6.45) is 0.744. The molecule has 0 spiro atoms. The molecule has 2 rings (SSSR count). The average Bonchev–Trinajstić information content (AvgIpc) is 2.69. The highest BCUT2D eigenvalue weighted by Gasteiger charge is 2.17. The maximum Gasteiger partial charge on any atom is 0.213 e. The van der Waals surface area contributed by atoms with Crippen molar-refractivity contribution in [1.82, 2.24) is 5.16 Å². The molecule has 0 atom stereocenters. The topological polar surface area (TPSA) is 43.1 Å². The summed E-state index contributed by atoms with van der Waals surface area (Å²) >= 11 is 3.16. The summed E-state index contributed by atoms with van der Waals surface area (Å²) in [4.78, 5) is 11.0. The van der Waals surface area contributed by atoms with E-state index in [-0.39, 0.29) is 5.41 Å². The van der Waals surface area contributed by atoms with Crippen molar-refractivity contribution in [3.63, 3.8) is 0 Å². The molecule has 18 heavy (non-hydrogen) atoms. The van der Waals surface area contributed by atoms with Gasteiger partial charge in [0.15, 0.2) is 6.29 Å². The zero-order valence-electron chi connectivity index (χ0n) is 10.5.